The molecular weight excluding hydrogens is 422 g/mol. The van der Waals surface area contributed by atoms with Crippen LogP contribution >= 0.6 is 0 Å². The molecule has 1 saturated heterocycles. The van der Waals surface area contributed by atoms with E-state index in [1.807, 2.05) is 6.92 Å². The number of esters is 1. The van der Waals surface area contributed by atoms with Gasteiger partial charge in [0.25, 0.3) is 0 Å². The van der Waals surface area contributed by atoms with Crippen molar-refractivity contribution < 1.29 is 27.5 Å². The van der Waals surface area contributed by atoms with Crippen LogP contribution in [0.25, 0.3) is 0 Å². The Morgan fingerprint density at radius 3 is 2.65 bits per heavy atom. The van der Waals surface area contributed by atoms with Crippen LogP contribution in [0.15, 0.2) is 41.4 Å². The van der Waals surface area contributed by atoms with Crippen molar-refractivity contribution in [1.82, 2.24) is 8.87 Å². The number of hydrogen-bond donors (Lipinski definition) is 1. The van der Waals surface area contributed by atoms with E-state index in [0.29, 0.717) is 30.9 Å². The molecule has 9 nitrogen and oxygen atoms in total. The molecule has 168 valence electrons. The standard InChI is InChI=1S/C21H27N3O6S/c1-4-29-19-11-7-6-9-16(19)22-20(25)17-10-8-12-24(17)31(27,28)15-13-18(23(3)14-15)21(26)30-5-2/h6-7,9,11,13-14,17H,4-5,8,10,12H2,1-3H3,(H,22,25). The number of carbonyl (C=O) groups is 2. The molecule has 2 heterocycles. The molecule has 1 atom stereocenters. The van der Waals surface area contributed by atoms with Gasteiger partial charge in [-0.15, -0.1) is 0 Å². The lowest BCUT2D eigenvalue weighted by atomic mass is 10.2. The summed E-state index contributed by atoms with van der Waals surface area (Å²) in [6.45, 7) is 4.36. The molecule has 0 saturated carbocycles. The Morgan fingerprint density at radius 2 is 1.94 bits per heavy atom. The second-order valence-corrected chi connectivity index (χ2v) is 8.98. The molecule has 0 spiro atoms. The first kappa shape index (κ1) is 22.8. The Morgan fingerprint density at radius 1 is 1.19 bits per heavy atom. The van der Waals surface area contributed by atoms with Crippen LogP contribution in [0.5, 0.6) is 5.75 Å². The summed E-state index contributed by atoms with van der Waals surface area (Å²) < 4.78 is 39.6. The first-order valence-electron chi connectivity index (χ1n) is 10.2. The van der Waals surface area contributed by atoms with E-state index in [0.717, 1.165) is 0 Å². The second kappa shape index (κ2) is 9.52. The second-order valence-electron chi connectivity index (χ2n) is 7.08. The van der Waals surface area contributed by atoms with Crippen LogP contribution in [0.2, 0.25) is 0 Å². The maximum Gasteiger partial charge on any atom is 0.354 e. The van der Waals surface area contributed by atoms with Crippen molar-refractivity contribution in [3.63, 3.8) is 0 Å². The summed E-state index contributed by atoms with van der Waals surface area (Å²) in [5.41, 5.74) is 0.620. The van der Waals surface area contributed by atoms with Crippen molar-refractivity contribution in [2.45, 2.75) is 37.6 Å². The monoisotopic (exact) mass is 449 g/mol. The third kappa shape index (κ3) is 4.75. The molecule has 1 N–H and O–H groups in total. The van der Waals surface area contributed by atoms with E-state index < -0.39 is 27.9 Å². The first-order valence-corrected chi connectivity index (χ1v) is 11.6. The fourth-order valence-electron chi connectivity index (χ4n) is 3.58. The van der Waals surface area contributed by atoms with Crippen LogP contribution in [0, 0.1) is 0 Å². The predicted molar refractivity (Wildman–Crippen MR) is 115 cm³/mol. The molecule has 3 rings (SSSR count). The zero-order valence-corrected chi connectivity index (χ0v) is 18.6. The largest absolute Gasteiger partial charge is 0.492 e. The molecular formula is C21H27N3O6S. The summed E-state index contributed by atoms with van der Waals surface area (Å²) in [7, 11) is -2.41. The van der Waals surface area contributed by atoms with Gasteiger partial charge in [0.1, 0.15) is 22.4 Å². The van der Waals surface area contributed by atoms with E-state index in [2.05, 4.69) is 5.32 Å². The van der Waals surface area contributed by atoms with Crippen LogP contribution in [0.1, 0.15) is 37.2 Å². The van der Waals surface area contributed by atoms with Crippen molar-refractivity contribution in [3.8, 4) is 5.75 Å². The molecule has 1 aliphatic heterocycles. The summed E-state index contributed by atoms with van der Waals surface area (Å²) in [5.74, 6) is -0.502. The Bertz CT molecular complexity index is 1060. The van der Waals surface area contributed by atoms with Gasteiger partial charge in [-0.25, -0.2) is 13.2 Å². The normalized spacial score (nSPS) is 16.8. The number of aryl methyl sites for hydroxylation is 1. The number of ether oxygens (including phenoxy) is 2. The molecule has 0 radical (unpaired) electrons. The first-order chi connectivity index (χ1) is 14.8. The highest BCUT2D eigenvalue weighted by Crippen LogP contribution is 2.30. The Hall–Kier alpha value is -2.85. The predicted octanol–water partition coefficient (Wildman–Crippen LogP) is 2.39. The highest BCUT2D eigenvalue weighted by Gasteiger charge is 2.40. The highest BCUT2D eigenvalue weighted by molar-refractivity contribution is 7.89. The van der Waals surface area contributed by atoms with Gasteiger partial charge in [0.05, 0.1) is 18.9 Å². The summed E-state index contributed by atoms with van der Waals surface area (Å²) >= 11 is 0. The molecule has 1 aromatic heterocycles. The quantitative estimate of drug-likeness (QED) is 0.620. The van der Waals surface area contributed by atoms with E-state index in [1.54, 1.807) is 38.2 Å². The van der Waals surface area contributed by atoms with Crippen LogP contribution in [0.4, 0.5) is 5.69 Å². The van der Waals surface area contributed by atoms with E-state index in [9.17, 15) is 18.0 Å². The molecule has 31 heavy (non-hydrogen) atoms. The van der Waals surface area contributed by atoms with Crippen LogP contribution in [0.3, 0.4) is 0 Å². The fourth-order valence-corrected chi connectivity index (χ4v) is 5.30. The van der Waals surface area contributed by atoms with Gasteiger partial charge in [-0.3, -0.25) is 4.79 Å². The lowest BCUT2D eigenvalue weighted by molar-refractivity contribution is -0.119. The molecule has 2 aromatic rings. The van der Waals surface area contributed by atoms with Gasteiger partial charge >= 0.3 is 5.97 Å². The lowest BCUT2D eigenvalue weighted by Crippen LogP contribution is -2.43. The minimum absolute atomic E-state index is 0.0486. The summed E-state index contributed by atoms with van der Waals surface area (Å²) in [6.07, 6.45) is 2.32. The zero-order chi connectivity index (χ0) is 22.6. The van der Waals surface area contributed by atoms with Gasteiger partial charge in [-0.2, -0.15) is 4.31 Å². The van der Waals surface area contributed by atoms with Crippen LogP contribution in [-0.2, 0) is 26.6 Å². The number of carbonyl (C=O) groups excluding carboxylic acids is 2. The average Bonchev–Trinajstić information content (AvgIpc) is 3.37. The van der Waals surface area contributed by atoms with Gasteiger partial charge in [0, 0.05) is 19.8 Å². The van der Waals surface area contributed by atoms with Crippen molar-refractivity contribution >= 4 is 27.6 Å². The molecule has 1 aliphatic rings. The number of para-hydroxylation sites is 2. The molecule has 1 fully saturated rings. The molecule has 10 heteroatoms. The van der Waals surface area contributed by atoms with Crippen LogP contribution < -0.4 is 10.1 Å². The molecule has 0 aliphatic carbocycles. The van der Waals surface area contributed by atoms with E-state index >= 15 is 0 Å². The van der Waals surface area contributed by atoms with E-state index in [1.165, 1.54) is 21.1 Å². The number of nitrogens with zero attached hydrogens (tertiary/aromatic N) is 2. The average molecular weight is 450 g/mol. The number of anilines is 1. The smallest absolute Gasteiger partial charge is 0.354 e. The van der Waals surface area contributed by atoms with Crippen LogP contribution in [-0.4, -0.2) is 55.0 Å². The fraction of sp³-hybridized carbons (Fsp3) is 0.429. The number of rotatable bonds is 8. The van der Waals surface area contributed by atoms with Gasteiger partial charge in [-0.05, 0) is 44.9 Å². The number of aromatic nitrogens is 1. The third-order valence-electron chi connectivity index (χ3n) is 5.02. The van der Waals surface area contributed by atoms with Crippen molar-refractivity contribution in [1.29, 1.82) is 0 Å². The van der Waals surface area contributed by atoms with Gasteiger partial charge in [-0.1, -0.05) is 12.1 Å². The number of sulfonamides is 1. The molecule has 1 aromatic carbocycles. The Balaban J connectivity index is 1.83. The lowest BCUT2D eigenvalue weighted by Gasteiger charge is -2.23. The molecule has 1 unspecified atom stereocenters. The van der Waals surface area contributed by atoms with Gasteiger partial charge < -0.3 is 19.4 Å². The molecule has 1 amide bonds. The number of benzene rings is 1. The zero-order valence-electron chi connectivity index (χ0n) is 17.8. The van der Waals surface area contributed by atoms with Gasteiger partial charge in [0.2, 0.25) is 15.9 Å². The van der Waals surface area contributed by atoms with E-state index in [-0.39, 0.29) is 23.7 Å². The minimum Gasteiger partial charge on any atom is -0.492 e. The summed E-state index contributed by atoms with van der Waals surface area (Å²) in [6, 6.07) is 7.44. The van der Waals surface area contributed by atoms with Gasteiger partial charge in [0.15, 0.2) is 0 Å². The van der Waals surface area contributed by atoms with Crippen molar-refractivity contribution in [3.05, 3.63) is 42.2 Å². The SMILES string of the molecule is CCOC(=O)c1cc(S(=O)(=O)N2CCCC2C(=O)Nc2ccccc2OCC)cn1C. The number of nitrogens with one attached hydrogen (secondary N) is 1. The summed E-state index contributed by atoms with van der Waals surface area (Å²) in [4.78, 5) is 25.0. The third-order valence-corrected chi connectivity index (χ3v) is 6.90. The topological polar surface area (TPSA) is 107 Å². The number of hydrogen-bond acceptors (Lipinski definition) is 6. The Kier molecular flexibility index (Phi) is 7.01. The van der Waals surface area contributed by atoms with E-state index in [4.69, 9.17) is 9.47 Å². The Labute approximate surface area is 182 Å². The highest BCUT2D eigenvalue weighted by atomic mass is 32.2. The minimum atomic E-state index is -3.98. The maximum absolute atomic E-state index is 13.3. The molecule has 0 bridgehead atoms. The summed E-state index contributed by atoms with van der Waals surface area (Å²) in [5, 5.41) is 2.79. The number of amides is 1. The maximum atomic E-state index is 13.3. The van der Waals surface area contributed by atoms with Crippen molar-refractivity contribution in [2.75, 3.05) is 25.1 Å². The van der Waals surface area contributed by atoms with Crippen molar-refractivity contribution in [2.24, 2.45) is 7.05 Å².